The Hall–Kier alpha value is -9.72. The number of piperidine rings is 2. The van der Waals surface area contributed by atoms with Gasteiger partial charge in [-0.1, -0.05) is 181 Å². The first-order valence-corrected chi connectivity index (χ1v) is 51.1. The molecule has 14 nitrogen and oxygen atoms in total. The van der Waals surface area contributed by atoms with E-state index in [1.165, 1.54) is 93.8 Å². The van der Waals surface area contributed by atoms with E-state index < -0.39 is 50.1 Å². The van der Waals surface area contributed by atoms with Crippen LogP contribution in [0.4, 0.5) is 35.1 Å². The summed E-state index contributed by atoms with van der Waals surface area (Å²) in [6.07, 6.45) is 7.14. The molecule has 0 unspecified atom stereocenters. The number of aryl methyl sites for hydroxylation is 4. The van der Waals surface area contributed by atoms with Gasteiger partial charge in [-0.3, -0.25) is 19.6 Å². The molecule has 0 N–H and O–H groups in total. The van der Waals surface area contributed by atoms with Crippen LogP contribution in [0, 0.1) is 27.7 Å². The zero-order valence-corrected chi connectivity index (χ0v) is 81.9. The minimum absolute atomic E-state index is 0.0912. The summed E-state index contributed by atoms with van der Waals surface area (Å²) < 4.78 is 153. The van der Waals surface area contributed by atoms with Gasteiger partial charge >= 0.3 is 0 Å². The maximum atomic E-state index is 12.3. The molecule has 720 valence electrons. The SMILES string of the molecule is CC(F)(F)COCN1CCCCC1.CC(F)(F)COCN1CCCCC1.CC(F)(F)COCN1CCOCC1.CC(F)(F)COCN1CCOCC1.Cc1ccc([S+]2c3ccccc3Oc3ccccc32)cc1.Cc1ccc([S+]2c3ccccc3Oc3ccccc32)cc1.Cc1ccc([S+]2c3ccccc3Oc3ccccc32)cc1.Cc1ccc([S+]2c3ccccc3Oc3ccccc32)cc1. The van der Waals surface area contributed by atoms with E-state index in [1.54, 1.807) is 0 Å². The Labute approximate surface area is 808 Å². The highest BCUT2D eigenvalue weighted by Crippen LogP contribution is 2.51. The Balaban J connectivity index is 0.000000133. The van der Waals surface area contributed by atoms with Crippen molar-refractivity contribution in [2.45, 2.75) is 176 Å². The number of alkyl halides is 8. The van der Waals surface area contributed by atoms with Gasteiger partial charge in [-0.25, -0.2) is 35.1 Å². The van der Waals surface area contributed by atoms with Crippen LogP contribution in [-0.4, -0.2) is 175 Å². The minimum Gasteiger partial charge on any atom is -0.447 e. The predicted molar refractivity (Wildman–Crippen MR) is 527 cm³/mol. The van der Waals surface area contributed by atoms with Crippen molar-refractivity contribution >= 4 is 43.6 Å². The molecule has 4 fully saturated rings. The smallest absolute Gasteiger partial charge is 0.268 e. The first-order chi connectivity index (χ1) is 65.6. The molecule has 0 amide bonds. The van der Waals surface area contributed by atoms with Crippen molar-refractivity contribution in [1.29, 1.82) is 0 Å². The number of nitrogens with zero attached hydrogens (tertiary/aromatic N) is 4. The van der Waals surface area contributed by atoms with Gasteiger partial charge in [-0.2, -0.15) is 0 Å². The number of hydrogen-bond donors (Lipinski definition) is 0. The second kappa shape index (κ2) is 51.3. The molecule has 8 heterocycles. The van der Waals surface area contributed by atoms with E-state index >= 15 is 0 Å². The first-order valence-electron chi connectivity index (χ1n) is 46.2. The van der Waals surface area contributed by atoms with Crippen molar-refractivity contribution in [2.75, 3.05) is 132 Å². The van der Waals surface area contributed by atoms with Crippen LogP contribution in [0.1, 0.15) is 88.5 Å². The molecule has 20 rings (SSSR count). The molecule has 12 aromatic rings. The molecule has 0 aromatic heterocycles. The highest BCUT2D eigenvalue weighted by atomic mass is 32.2. The maximum absolute atomic E-state index is 12.3. The lowest BCUT2D eigenvalue weighted by Gasteiger charge is -2.26. The van der Waals surface area contributed by atoms with Crippen molar-refractivity contribution in [3.8, 4) is 46.0 Å². The Kier molecular flexibility index (Phi) is 39.1. The summed E-state index contributed by atoms with van der Waals surface area (Å²) in [4.78, 5) is 23.5. The second-order valence-electron chi connectivity index (χ2n) is 34.5. The number of morpholine rings is 2. The van der Waals surface area contributed by atoms with Crippen LogP contribution < -0.4 is 18.9 Å². The van der Waals surface area contributed by atoms with Crippen molar-refractivity contribution in [3.63, 3.8) is 0 Å². The van der Waals surface area contributed by atoms with Gasteiger partial charge in [0.25, 0.3) is 23.7 Å². The van der Waals surface area contributed by atoms with Crippen LogP contribution in [0.25, 0.3) is 0 Å². The number of rotatable bonds is 20. The predicted octanol–water partition coefficient (Wildman–Crippen LogP) is 26.9. The fourth-order valence-electron chi connectivity index (χ4n) is 15.3. The van der Waals surface area contributed by atoms with Gasteiger partial charge in [0.15, 0.2) is 65.6 Å². The van der Waals surface area contributed by atoms with E-state index in [2.05, 4.69) is 280 Å². The van der Waals surface area contributed by atoms with Gasteiger partial charge in [0.2, 0.25) is 39.2 Å². The quantitative estimate of drug-likeness (QED) is 0.0534. The largest absolute Gasteiger partial charge is 0.447 e. The summed E-state index contributed by atoms with van der Waals surface area (Å²) in [5.41, 5.74) is 5.16. The van der Waals surface area contributed by atoms with E-state index in [9.17, 15) is 35.1 Å². The molecular formula is C110H124F8N4O10S4+4. The van der Waals surface area contributed by atoms with Gasteiger partial charge in [-0.05, 0) is 199 Å². The van der Waals surface area contributed by atoms with E-state index in [-0.39, 0.29) is 57.0 Å². The molecule has 8 aliphatic rings. The molecular weight excluding hydrogens is 1820 g/mol. The third kappa shape index (κ3) is 32.2. The monoisotopic (exact) mass is 1940 g/mol. The summed E-state index contributed by atoms with van der Waals surface area (Å²) >= 11 is 0. The van der Waals surface area contributed by atoms with Gasteiger partial charge in [0.05, 0.1) is 53.4 Å². The number of para-hydroxylation sites is 8. The lowest BCUT2D eigenvalue weighted by Crippen LogP contribution is -2.38. The number of hydrogen-bond acceptors (Lipinski definition) is 14. The Bertz CT molecular complexity index is 4770. The van der Waals surface area contributed by atoms with Gasteiger partial charge < -0.3 is 47.4 Å². The van der Waals surface area contributed by atoms with Crippen molar-refractivity contribution < 1.29 is 82.5 Å². The molecule has 4 saturated heterocycles. The number of ether oxygens (including phenoxy) is 10. The van der Waals surface area contributed by atoms with E-state index in [4.69, 9.17) is 47.4 Å². The zero-order valence-electron chi connectivity index (χ0n) is 78.6. The Morgan fingerprint density at radius 2 is 0.390 bits per heavy atom. The van der Waals surface area contributed by atoms with Crippen LogP contribution in [0.15, 0.2) is 350 Å². The van der Waals surface area contributed by atoms with Crippen molar-refractivity contribution in [2.24, 2.45) is 0 Å². The van der Waals surface area contributed by atoms with Gasteiger partial charge in [0, 0.05) is 80.1 Å². The summed E-state index contributed by atoms with van der Waals surface area (Å²) in [7, 11) is -0.365. The van der Waals surface area contributed by atoms with E-state index in [0.717, 1.165) is 152 Å². The van der Waals surface area contributed by atoms with Gasteiger partial charge in [-0.15, -0.1) is 0 Å². The third-order valence-corrected chi connectivity index (χ3v) is 31.3. The Morgan fingerprint density at radius 3 is 0.559 bits per heavy atom. The average Bonchev–Trinajstić information content (AvgIpc) is 0.777. The third-order valence-electron chi connectivity index (χ3n) is 22.1. The molecule has 0 atom stereocenters. The fourth-order valence-corrected chi connectivity index (χ4v) is 24.2. The van der Waals surface area contributed by atoms with Crippen LogP contribution in [0.5, 0.6) is 46.0 Å². The normalized spacial score (nSPS) is 16.0. The summed E-state index contributed by atoms with van der Waals surface area (Å²) in [6.45, 7) is 20.8. The standard InChI is InChI=1S/4C19H15OS.2C9H17F2NO.2C8H15F2NO2/c4*1-14-10-12-15(13-11-14)21-18-8-4-2-6-16(18)20-17-7-3-5-9-19(17)21;2*1-9(10,11)7-13-8-12-5-3-2-4-6-12;2*1-8(9,10)6-13-7-11-2-4-12-5-3-11/h4*2-13H,1H3;2*2-8H2,1H3;2*2-7H2,1H3/q4*+1;;;;. The first kappa shape index (κ1) is 104. The highest BCUT2D eigenvalue weighted by Gasteiger charge is 2.44. The molecule has 0 aliphatic carbocycles. The summed E-state index contributed by atoms with van der Waals surface area (Å²) in [5.74, 6) is -3.08. The van der Waals surface area contributed by atoms with Gasteiger partial charge in [0.1, 0.15) is 70.0 Å². The van der Waals surface area contributed by atoms with Crippen LogP contribution in [0.2, 0.25) is 0 Å². The van der Waals surface area contributed by atoms with Crippen LogP contribution in [-0.2, 0) is 72.0 Å². The molecule has 136 heavy (non-hydrogen) atoms. The van der Waals surface area contributed by atoms with Crippen LogP contribution >= 0.6 is 0 Å². The molecule has 0 saturated carbocycles. The Morgan fingerprint density at radius 1 is 0.228 bits per heavy atom. The minimum atomic E-state index is -2.73. The maximum Gasteiger partial charge on any atom is 0.268 e. The lowest BCUT2D eigenvalue weighted by molar-refractivity contribution is -0.100. The second-order valence-corrected chi connectivity index (χ2v) is 42.3. The van der Waals surface area contributed by atoms with Crippen LogP contribution in [0.3, 0.4) is 0 Å². The topological polar surface area (TPSA) is 105 Å². The summed E-state index contributed by atoms with van der Waals surface area (Å²) in [6, 6.07) is 102. The fraction of sp³-hybridized carbons (Fsp3) is 0.345. The molecule has 0 radical (unpaired) electrons. The average molecular weight is 1940 g/mol. The summed E-state index contributed by atoms with van der Waals surface area (Å²) in [5, 5.41) is 0. The van der Waals surface area contributed by atoms with Crippen molar-refractivity contribution in [3.05, 3.63) is 313 Å². The van der Waals surface area contributed by atoms with E-state index in [1.807, 2.05) is 58.3 Å². The number of fused-ring (bicyclic) bond motifs is 8. The number of likely N-dealkylation sites (tertiary alicyclic amines) is 2. The zero-order chi connectivity index (χ0) is 95.9. The highest BCUT2D eigenvalue weighted by molar-refractivity contribution is 7.98. The van der Waals surface area contributed by atoms with Crippen molar-refractivity contribution in [1.82, 2.24) is 19.6 Å². The molecule has 0 bridgehead atoms. The molecule has 26 heteroatoms. The van der Waals surface area contributed by atoms with E-state index in [0.29, 0.717) is 39.9 Å². The molecule has 0 spiro atoms. The molecule has 8 aliphatic heterocycles. The number of halogens is 8. The lowest BCUT2D eigenvalue weighted by atomic mass is 10.1. The molecule has 12 aromatic carbocycles. The number of benzene rings is 12.